The van der Waals surface area contributed by atoms with E-state index in [1.54, 1.807) is 6.20 Å². The second-order valence-electron chi connectivity index (χ2n) is 10.3. The van der Waals surface area contributed by atoms with E-state index in [1.807, 2.05) is 24.3 Å². The van der Waals surface area contributed by atoms with Crippen LogP contribution in [-0.4, -0.2) is 136 Å². The number of para-hydroxylation sites is 1. The number of nitrogens with one attached hydrogen (secondary N) is 4. The fourth-order valence-electron chi connectivity index (χ4n) is 4.79. The molecule has 2 atom stereocenters. The predicted molar refractivity (Wildman–Crippen MR) is 160 cm³/mol. The summed E-state index contributed by atoms with van der Waals surface area (Å²) in [7, 11) is 2.35. The summed E-state index contributed by atoms with van der Waals surface area (Å²) >= 11 is 0. The standard InChI is InChI=1S/C29H37N7O10/c1-45-28(43)22(9-18-11-31-21-6-4-3-5-20(18)21)33-24(37)13-35(15-26(39)40)7-8-36(16-27(41)42)14-25(38)34-23(29(44)46-2)10-19-12-30-17-32-19/h3-6,11-12,17,22-23,31H,7-10,13-16H2,1-2H3,(H,30,32)(H,33,37)(H,34,38)(H,39,40)(H,41,42)/t22-,23-/m0/s1. The number of aromatic nitrogens is 3. The van der Waals surface area contributed by atoms with Crippen LogP contribution >= 0.6 is 0 Å². The number of nitrogens with zero attached hydrogens (tertiary/aromatic N) is 3. The van der Waals surface area contributed by atoms with Crippen molar-refractivity contribution < 1.29 is 48.5 Å². The third-order valence-electron chi connectivity index (χ3n) is 6.90. The van der Waals surface area contributed by atoms with Gasteiger partial charge in [0.25, 0.3) is 0 Å². The Hall–Kier alpha value is -5.29. The Balaban J connectivity index is 1.64. The Bertz CT molecular complexity index is 1510. The van der Waals surface area contributed by atoms with E-state index in [9.17, 15) is 39.0 Å². The number of benzene rings is 1. The van der Waals surface area contributed by atoms with Gasteiger partial charge < -0.3 is 40.3 Å². The number of imidazole rings is 1. The lowest BCUT2D eigenvalue weighted by molar-refractivity contribution is -0.146. The van der Waals surface area contributed by atoms with Crippen LogP contribution in [0.1, 0.15) is 11.3 Å². The van der Waals surface area contributed by atoms with E-state index in [-0.39, 0.29) is 25.9 Å². The van der Waals surface area contributed by atoms with Gasteiger partial charge in [-0.2, -0.15) is 0 Å². The molecule has 17 heteroatoms. The molecule has 0 bridgehead atoms. The van der Waals surface area contributed by atoms with Crippen LogP contribution in [0.15, 0.2) is 43.0 Å². The van der Waals surface area contributed by atoms with Crippen LogP contribution in [0.4, 0.5) is 0 Å². The maximum Gasteiger partial charge on any atom is 0.328 e. The smallest absolute Gasteiger partial charge is 0.328 e. The summed E-state index contributed by atoms with van der Waals surface area (Å²) < 4.78 is 9.62. The first-order valence-corrected chi connectivity index (χ1v) is 14.1. The van der Waals surface area contributed by atoms with E-state index in [2.05, 4.69) is 25.6 Å². The van der Waals surface area contributed by atoms with Crippen LogP contribution in [0.25, 0.3) is 10.9 Å². The number of fused-ring (bicyclic) bond motifs is 1. The van der Waals surface area contributed by atoms with Crippen LogP contribution < -0.4 is 10.6 Å². The molecule has 3 rings (SSSR count). The zero-order valence-corrected chi connectivity index (χ0v) is 25.4. The first-order chi connectivity index (χ1) is 22.0. The van der Waals surface area contributed by atoms with Crippen LogP contribution in [0.3, 0.4) is 0 Å². The molecule has 0 aliphatic carbocycles. The minimum absolute atomic E-state index is 0.0473. The minimum atomic E-state index is -1.25. The average Bonchev–Trinajstić information content (AvgIpc) is 3.67. The van der Waals surface area contributed by atoms with Gasteiger partial charge >= 0.3 is 23.9 Å². The highest BCUT2D eigenvalue weighted by Gasteiger charge is 2.27. The van der Waals surface area contributed by atoms with Crippen LogP contribution in [-0.2, 0) is 51.1 Å². The monoisotopic (exact) mass is 643 g/mol. The molecule has 0 radical (unpaired) electrons. The number of hydrogen-bond donors (Lipinski definition) is 6. The van der Waals surface area contributed by atoms with Gasteiger partial charge in [0.2, 0.25) is 11.8 Å². The highest BCUT2D eigenvalue weighted by atomic mass is 16.5. The quantitative estimate of drug-likeness (QED) is 0.0840. The molecule has 17 nitrogen and oxygen atoms in total. The van der Waals surface area contributed by atoms with Crippen LogP contribution in [0.5, 0.6) is 0 Å². The highest BCUT2D eigenvalue weighted by Crippen LogP contribution is 2.19. The number of aromatic amines is 2. The highest BCUT2D eigenvalue weighted by molar-refractivity contribution is 5.88. The summed E-state index contributed by atoms with van der Waals surface area (Å²) in [5, 5.41) is 24.8. The third-order valence-corrected chi connectivity index (χ3v) is 6.90. The molecule has 0 fully saturated rings. The molecule has 6 N–H and O–H groups in total. The summed E-state index contributed by atoms with van der Waals surface area (Å²) in [6.45, 7) is -2.32. The van der Waals surface area contributed by atoms with Gasteiger partial charge in [-0.05, 0) is 11.6 Å². The van der Waals surface area contributed by atoms with E-state index in [4.69, 9.17) is 9.47 Å². The summed E-state index contributed by atoms with van der Waals surface area (Å²) in [4.78, 5) is 86.0. The molecular formula is C29H37N7O10. The number of carboxylic acid groups (broad SMARTS) is 2. The fourth-order valence-corrected chi connectivity index (χ4v) is 4.79. The van der Waals surface area contributed by atoms with Gasteiger partial charge in [0.15, 0.2) is 0 Å². The van der Waals surface area contributed by atoms with Gasteiger partial charge in [-0.25, -0.2) is 14.6 Å². The number of amides is 2. The number of carboxylic acids is 2. The van der Waals surface area contributed by atoms with Crippen molar-refractivity contribution in [1.29, 1.82) is 0 Å². The SMILES string of the molecule is COC(=O)[C@H](Cc1cnc[nH]1)NC(=O)CN(CCN(CC(=O)O)CC(=O)N[C@@H](Cc1c[nH]c2ccccc12)C(=O)OC)CC(=O)O. The van der Waals surface area contributed by atoms with E-state index in [0.717, 1.165) is 23.6 Å². The Morgan fingerprint density at radius 2 is 1.35 bits per heavy atom. The van der Waals surface area contributed by atoms with Crippen molar-refractivity contribution in [3.63, 3.8) is 0 Å². The second kappa shape index (κ2) is 17.3. The zero-order chi connectivity index (χ0) is 33.6. The third kappa shape index (κ3) is 11.0. The lowest BCUT2D eigenvalue weighted by atomic mass is 10.0. The summed E-state index contributed by atoms with van der Waals surface area (Å²) in [6.07, 6.45) is 4.76. The first-order valence-electron chi connectivity index (χ1n) is 14.1. The summed E-state index contributed by atoms with van der Waals surface area (Å²) in [5.74, 6) is -5.27. The Morgan fingerprint density at radius 3 is 1.85 bits per heavy atom. The van der Waals surface area contributed by atoms with Gasteiger partial charge in [-0.1, -0.05) is 18.2 Å². The predicted octanol–water partition coefficient (Wildman–Crippen LogP) is -1.23. The molecular weight excluding hydrogens is 606 g/mol. The number of methoxy groups -OCH3 is 2. The maximum atomic E-state index is 13.0. The number of rotatable bonds is 19. The van der Waals surface area contributed by atoms with Gasteiger partial charge in [-0.15, -0.1) is 0 Å². The number of ether oxygens (including phenoxy) is 2. The number of esters is 2. The van der Waals surface area contributed by atoms with E-state index in [0.29, 0.717) is 5.69 Å². The molecule has 3 aromatic rings. The Labute approximate surface area is 263 Å². The summed E-state index contributed by atoms with van der Waals surface area (Å²) in [5.41, 5.74) is 2.16. The van der Waals surface area contributed by atoms with Crippen LogP contribution in [0.2, 0.25) is 0 Å². The zero-order valence-electron chi connectivity index (χ0n) is 25.4. The average molecular weight is 644 g/mol. The molecule has 0 unspecified atom stereocenters. The topological polar surface area (TPSA) is 236 Å². The van der Waals surface area contributed by atoms with Crippen molar-refractivity contribution in [2.45, 2.75) is 24.9 Å². The van der Waals surface area contributed by atoms with Crippen molar-refractivity contribution in [2.75, 3.05) is 53.5 Å². The van der Waals surface area contributed by atoms with Crippen molar-refractivity contribution in [1.82, 2.24) is 35.4 Å². The van der Waals surface area contributed by atoms with Gasteiger partial charge in [0, 0.05) is 54.9 Å². The molecule has 0 spiro atoms. The van der Waals surface area contributed by atoms with Gasteiger partial charge in [0.1, 0.15) is 12.1 Å². The van der Waals surface area contributed by atoms with Gasteiger partial charge in [0.05, 0.1) is 46.7 Å². The largest absolute Gasteiger partial charge is 0.480 e. The Kier molecular flexibility index (Phi) is 13.2. The Morgan fingerprint density at radius 1 is 0.804 bits per heavy atom. The maximum absolute atomic E-state index is 13.0. The van der Waals surface area contributed by atoms with E-state index >= 15 is 0 Å². The van der Waals surface area contributed by atoms with E-state index < -0.39 is 74.0 Å². The number of hydrogen-bond acceptors (Lipinski definition) is 11. The molecule has 46 heavy (non-hydrogen) atoms. The molecule has 0 saturated carbocycles. The first kappa shape index (κ1) is 35.2. The minimum Gasteiger partial charge on any atom is -0.480 e. The molecule has 1 aromatic carbocycles. The van der Waals surface area contributed by atoms with Crippen molar-refractivity contribution in [3.8, 4) is 0 Å². The molecule has 248 valence electrons. The molecule has 0 aliphatic rings. The normalized spacial score (nSPS) is 12.4. The molecule has 2 aromatic heterocycles. The number of carbonyl (C=O) groups is 6. The second-order valence-corrected chi connectivity index (χ2v) is 10.3. The molecule has 2 amide bonds. The lowest BCUT2D eigenvalue weighted by Gasteiger charge is -2.26. The number of carbonyl (C=O) groups excluding carboxylic acids is 4. The lowest BCUT2D eigenvalue weighted by Crippen LogP contribution is -2.51. The van der Waals surface area contributed by atoms with Gasteiger partial charge in [-0.3, -0.25) is 29.0 Å². The number of H-pyrrole nitrogens is 2. The summed E-state index contributed by atoms with van der Waals surface area (Å²) in [6, 6.07) is 5.27. The van der Waals surface area contributed by atoms with E-state index in [1.165, 1.54) is 29.4 Å². The van der Waals surface area contributed by atoms with Crippen molar-refractivity contribution in [2.24, 2.45) is 0 Å². The molecule has 0 saturated heterocycles. The molecule has 2 heterocycles. The van der Waals surface area contributed by atoms with Crippen LogP contribution in [0, 0.1) is 0 Å². The van der Waals surface area contributed by atoms with Crippen molar-refractivity contribution >= 4 is 46.6 Å². The number of aliphatic carboxylic acids is 2. The van der Waals surface area contributed by atoms with Crippen molar-refractivity contribution in [3.05, 3.63) is 54.2 Å². The molecule has 0 aliphatic heterocycles. The fraction of sp³-hybridized carbons (Fsp3) is 0.414.